The van der Waals surface area contributed by atoms with Crippen LogP contribution in [0.25, 0.3) is 0 Å². The van der Waals surface area contributed by atoms with Crippen LogP contribution < -0.4 is 9.47 Å². The number of methoxy groups -OCH3 is 2. The fourth-order valence-electron chi connectivity index (χ4n) is 1.79. The third-order valence-corrected chi connectivity index (χ3v) is 2.82. The Labute approximate surface area is 109 Å². The molecule has 1 aromatic carbocycles. The van der Waals surface area contributed by atoms with Crippen LogP contribution in [0.4, 0.5) is 4.39 Å². The maximum Gasteiger partial charge on any atom is 0.199 e. The number of ether oxygens (including phenoxy) is 2. The summed E-state index contributed by atoms with van der Waals surface area (Å²) in [5, 5.41) is 0. The Kier molecular flexibility index (Phi) is 3.55. The highest BCUT2D eigenvalue weighted by Crippen LogP contribution is 2.31. The quantitative estimate of drug-likeness (QED) is 0.796. The van der Waals surface area contributed by atoms with E-state index in [9.17, 15) is 9.18 Å². The van der Waals surface area contributed by atoms with Gasteiger partial charge in [-0.25, -0.2) is 4.39 Å². The minimum atomic E-state index is -0.664. The number of carbonyl (C=O) groups excluding carboxylic acids is 1. The first-order chi connectivity index (χ1) is 9.08. The van der Waals surface area contributed by atoms with Gasteiger partial charge in [-0.15, -0.1) is 0 Å². The van der Waals surface area contributed by atoms with E-state index in [2.05, 4.69) is 0 Å². The number of hydrogen-bond acceptors (Lipinski definition) is 4. The van der Waals surface area contributed by atoms with Crippen LogP contribution in [0, 0.1) is 12.7 Å². The predicted molar refractivity (Wildman–Crippen MR) is 66.4 cm³/mol. The molecule has 2 rings (SSSR count). The number of benzene rings is 1. The zero-order chi connectivity index (χ0) is 14.0. The molecule has 100 valence electrons. The van der Waals surface area contributed by atoms with Crippen LogP contribution in [0.5, 0.6) is 11.5 Å². The van der Waals surface area contributed by atoms with Gasteiger partial charge in [0.05, 0.1) is 31.6 Å². The molecule has 0 spiro atoms. The number of halogens is 1. The van der Waals surface area contributed by atoms with Gasteiger partial charge in [0, 0.05) is 6.07 Å². The van der Waals surface area contributed by atoms with E-state index in [4.69, 9.17) is 13.9 Å². The van der Waals surface area contributed by atoms with Gasteiger partial charge in [0.2, 0.25) is 0 Å². The van der Waals surface area contributed by atoms with Crippen molar-refractivity contribution in [3.05, 3.63) is 47.2 Å². The van der Waals surface area contributed by atoms with E-state index < -0.39 is 11.6 Å². The lowest BCUT2D eigenvalue weighted by atomic mass is 10.0. The van der Waals surface area contributed by atoms with Crippen LogP contribution in [0.3, 0.4) is 0 Å². The summed E-state index contributed by atoms with van der Waals surface area (Å²) >= 11 is 0. The van der Waals surface area contributed by atoms with E-state index >= 15 is 0 Å². The van der Waals surface area contributed by atoms with Crippen molar-refractivity contribution in [2.24, 2.45) is 0 Å². The summed E-state index contributed by atoms with van der Waals surface area (Å²) in [6.45, 7) is 1.64. The summed E-state index contributed by atoms with van der Waals surface area (Å²) in [6, 6.07) is 3.96. The Hall–Kier alpha value is -2.30. The first kappa shape index (κ1) is 13.1. The minimum absolute atomic E-state index is 0.0813. The third kappa shape index (κ3) is 2.31. The Morgan fingerprint density at radius 1 is 1.16 bits per heavy atom. The molecule has 0 aliphatic heterocycles. The van der Waals surface area contributed by atoms with Crippen LogP contribution in [-0.4, -0.2) is 20.0 Å². The Bertz CT molecular complexity index is 616. The van der Waals surface area contributed by atoms with Gasteiger partial charge in [0.25, 0.3) is 0 Å². The number of aryl methyl sites for hydroxylation is 1. The molecule has 0 atom stereocenters. The maximum absolute atomic E-state index is 13.9. The molecule has 0 aliphatic carbocycles. The molecule has 1 aromatic heterocycles. The average molecular weight is 264 g/mol. The molecule has 0 amide bonds. The summed E-state index contributed by atoms with van der Waals surface area (Å²) in [5.74, 6) is -0.138. The Morgan fingerprint density at radius 2 is 1.79 bits per heavy atom. The van der Waals surface area contributed by atoms with Gasteiger partial charge in [0.15, 0.2) is 17.3 Å². The Balaban J connectivity index is 2.51. The molecule has 0 saturated carbocycles. The molecule has 4 nitrogen and oxygen atoms in total. The summed E-state index contributed by atoms with van der Waals surface area (Å²) in [7, 11) is 2.83. The normalized spacial score (nSPS) is 10.3. The number of hydrogen-bond donors (Lipinski definition) is 0. The lowest BCUT2D eigenvalue weighted by Gasteiger charge is -2.10. The standard InChI is InChI=1S/C14H13FO4/c1-8-9(4-5-19-8)14(16)10-6-12(17-2)13(18-3)7-11(10)15/h4-7H,1-3H3. The zero-order valence-corrected chi connectivity index (χ0v) is 10.8. The van der Waals surface area contributed by atoms with E-state index in [0.29, 0.717) is 17.1 Å². The van der Waals surface area contributed by atoms with Crippen molar-refractivity contribution in [1.29, 1.82) is 0 Å². The van der Waals surface area contributed by atoms with Gasteiger partial charge in [-0.1, -0.05) is 0 Å². The first-order valence-corrected chi connectivity index (χ1v) is 5.58. The summed E-state index contributed by atoms with van der Waals surface area (Å²) in [5.41, 5.74) is 0.244. The van der Waals surface area contributed by atoms with Crippen LogP contribution in [0.2, 0.25) is 0 Å². The third-order valence-electron chi connectivity index (χ3n) is 2.82. The lowest BCUT2D eigenvalue weighted by Crippen LogP contribution is -2.06. The highest BCUT2D eigenvalue weighted by Gasteiger charge is 2.20. The monoisotopic (exact) mass is 264 g/mol. The van der Waals surface area contributed by atoms with Crippen molar-refractivity contribution >= 4 is 5.78 Å². The van der Waals surface area contributed by atoms with E-state index in [1.54, 1.807) is 6.92 Å². The molecule has 0 saturated heterocycles. The topological polar surface area (TPSA) is 48.7 Å². The van der Waals surface area contributed by atoms with Crippen molar-refractivity contribution in [2.75, 3.05) is 14.2 Å². The van der Waals surface area contributed by atoms with E-state index in [1.165, 1.54) is 32.6 Å². The smallest absolute Gasteiger partial charge is 0.199 e. The second-order valence-corrected chi connectivity index (χ2v) is 3.91. The van der Waals surface area contributed by atoms with Gasteiger partial charge < -0.3 is 13.9 Å². The van der Waals surface area contributed by atoms with Crippen molar-refractivity contribution < 1.29 is 23.1 Å². The molecule has 0 bridgehead atoms. The molecular weight excluding hydrogens is 251 g/mol. The zero-order valence-electron chi connectivity index (χ0n) is 10.8. The fraction of sp³-hybridized carbons (Fsp3) is 0.214. The van der Waals surface area contributed by atoms with Crippen molar-refractivity contribution in [2.45, 2.75) is 6.92 Å². The van der Waals surface area contributed by atoms with Gasteiger partial charge in [-0.3, -0.25) is 4.79 Å². The summed E-state index contributed by atoms with van der Waals surface area (Å²) in [4.78, 5) is 12.2. The van der Waals surface area contributed by atoms with E-state index in [0.717, 1.165) is 6.07 Å². The largest absolute Gasteiger partial charge is 0.493 e. The molecule has 0 N–H and O–H groups in total. The van der Waals surface area contributed by atoms with Crippen LogP contribution in [-0.2, 0) is 0 Å². The van der Waals surface area contributed by atoms with Crippen LogP contribution in [0.15, 0.2) is 28.9 Å². The SMILES string of the molecule is COc1cc(F)c(C(=O)c2ccoc2C)cc1OC. The van der Waals surface area contributed by atoms with Gasteiger partial charge in [-0.2, -0.15) is 0 Å². The van der Waals surface area contributed by atoms with Crippen molar-refractivity contribution in [3.8, 4) is 11.5 Å². The van der Waals surface area contributed by atoms with Crippen molar-refractivity contribution in [3.63, 3.8) is 0 Å². The lowest BCUT2D eigenvalue weighted by molar-refractivity contribution is 0.103. The molecule has 0 radical (unpaired) electrons. The molecule has 0 unspecified atom stereocenters. The average Bonchev–Trinajstić information content (AvgIpc) is 2.83. The molecule has 2 aromatic rings. The fourth-order valence-corrected chi connectivity index (χ4v) is 1.79. The molecule has 0 aliphatic rings. The van der Waals surface area contributed by atoms with Gasteiger partial charge >= 0.3 is 0 Å². The molecule has 19 heavy (non-hydrogen) atoms. The van der Waals surface area contributed by atoms with Crippen molar-refractivity contribution in [1.82, 2.24) is 0 Å². The number of rotatable bonds is 4. The second-order valence-electron chi connectivity index (χ2n) is 3.91. The van der Waals surface area contributed by atoms with Crippen LogP contribution in [0.1, 0.15) is 21.7 Å². The highest BCUT2D eigenvalue weighted by atomic mass is 19.1. The molecular formula is C14H13FO4. The Morgan fingerprint density at radius 3 is 2.32 bits per heavy atom. The highest BCUT2D eigenvalue weighted by molar-refractivity contribution is 6.10. The van der Waals surface area contributed by atoms with E-state index in [1.807, 2.05) is 0 Å². The predicted octanol–water partition coefficient (Wildman–Crippen LogP) is 2.98. The van der Waals surface area contributed by atoms with Gasteiger partial charge in [0.1, 0.15) is 11.6 Å². The van der Waals surface area contributed by atoms with Gasteiger partial charge in [-0.05, 0) is 19.1 Å². The number of carbonyl (C=O) groups is 1. The summed E-state index contributed by atoms with van der Waals surface area (Å²) < 4.78 is 29.0. The minimum Gasteiger partial charge on any atom is -0.493 e. The van der Waals surface area contributed by atoms with E-state index in [-0.39, 0.29) is 11.3 Å². The summed E-state index contributed by atoms with van der Waals surface area (Å²) in [6.07, 6.45) is 1.39. The van der Waals surface area contributed by atoms with Crippen LogP contribution >= 0.6 is 0 Å². The molecule has 1 heterocycles. The maximum atomic E-state index is 13.9. The number of ketones is 1. The first-order valence-electron chi connectivity index (χ1n) is 5.58. The second kappa shape index (κ2) is 5.14. The molecule has 5 heteroatoms. The molecule has 0 fully saturated rings. The number of furan rings is 1.